The smallest absolute Gasteiger partial charge is 0.261 e. The first-order valence-electron chi connectivity index (χ1n) is 12.0. The van der Waals surface area contributed by atoms with E-state index in [2.05, 4.69) is 15.0 Å². The van der Waals surface area contributed by atoms with Crippen LogP contribution in [0.5, 0.6) is 0 Å². The van der Waals surface area contributed by atoms with Gasteiger partial charge in [-0.25, -0.2) is 23.1 Å². The van der Waals surface area contributed by atoms with E-state index in [9.17, 15) is 18.0 Å². The van der Waals surface area contributed by atoms with Crippen LogP contribution < -0.4 is 5.56 Å². The molecule has 0 saturated carbocycles. The van der Waals surface area contributed by atoms with Crippen LogP contribution in [0.3, 0.4) is 0 Å². The fourth-order valence-electron chi connectivity index (χ4n) is 5.33. The topological polar surface area (TPSA) is 69.4 Å². The lowest BCUT2D eigenvalue weighted by molar-refractivity contribution is 0.00451. The van der Waals surface area contributed by atoms with Crippen molar-refractivity contribution in [2.24, 2.45) is 0 Å². The number of pyridine rings is 1. The lowest BCUT2D eigenvalue weighted by Gasteiger charge is -2.30. The van der Waals surface area contributed by atoms with Crippen LogP contribution in [-0.2, 0) is 17.6 Å². The van der Waals surface area contributed by atoms with Crippen molar-refractivity contribution >= 4 is 5.65 Å². The second kappa shape index (κ2) is 8.81. The van der Waals surface area contributed by atoms with E-state index in [1.54, 1.807) is 12.4 Å². The number of halogens is 3. The van der Waals surface area contributed by atoms with Gasteiger partial charge in [0.25, 0.3) is 5.56 Å². The van der Waals surface area contributed by atoms with Crippen LogP contribution in [0.2, 0.25) is 0 Å². The first-order valence-corrected chi connectivity index (χ1v) is 12.0. The third-order valence-corrected chi connectivity index (χ3v) is 7.09. The minimum atomic E-state index is -1.09. The van der Waals surface area contributed by atoms with E-state index < -0.39 is 23.0 Å². The molecule has 6 nitrogen and oxygen atoms in total. The molecule has 2 aliphatic rings. The molecule has 4 aromatic rings. The molecule has 0 amide bonds. The molecule has 1 fully saturated rings. The van der Waals surface area contributed by atoms with Crippen molar-refractivity contribution in [1.29, 1.82) is 0 Å². The summed E-state index contributed by atoms with van der Waals surface area (Å²) in [5.41, 5.74) is 2.84. The summed E-state index contributed by atoms with van der Waals surface area (Å²) in [4.78, 5) is 26.9. The Hall–Kier alpha value is -3.59. The number of rotatable bonds is 3. The Balaban J connectivity index is 1.53. The molecule has 1 saturated heterocycles. The van der Waals surface area contributed by atoms with Crippen molar-refractivity contribution in [3.63, 3.8) is 0 Å². The van der Waals surface area contributed by atoms with Gasteiger partial charge in [0.05, 0.1) is 23.1 Å². The highest BCUT2D eigenvalue weighted by Gasteiger charge is 2.30. The summed E-state index contributed by atoms with van der Waals surface area (Å²) in [6.45, 7) is 2.37. The molecule has 0 N–H and O–H groups in total. The molecule has 3 aromatic heterocycles. The number of benzene rings is 1. The average Bonchev–Trinajstić information content (AvgIpc) is 3.33. The Bertz CT molecular complexity index is 1550. The fourth-order valence-corrected chi connectivity index (χ4v) is 5.33. The second-order valence-electron chi connectivity index (χ2n) is 9.46. The van der Waals surface area contributed by atoms with Gasteiger partial charge >= 0.3 is 0 Å². The van der Waals surface area contributed by atoms with E-state index in [1.165, 1.54) is 4.40 Å². The summed E-state index contributed by atoms with van der Waals surface area (Å²) >= 11 is 0. The fraction of sp³-hybridized carbons (Fsp3) is 0.333. The SMILES string of the molecule is Cc1cc([C@@H]2C[C@H](c3cn4c(=O)c5c(nc4c(-c4c(F)cc(F)cc4F)n3)CCC5)CCO2)ccn1. The van der Waals surface area contributed by atoms with Gasteiger partial charge in [0.2, 0.25) is 0 Å². The number of aryl methyl sites for hydroxylation is 2. The maximum atomic E-state index is 14.9. The number of hydrogen-bond donors (Lipinski definition) is 0. The second-order valence-corrected chi connectivity index (χ2v) is 9.46. The molecule has 1 aliphatic heterocycles. The number of hydrogen-bond acceptors (Lipinski definition) is 5. The van der Waals surface area contributed by atoms with Gasteiger partial charge in [0.1, 0.15) is 23.1 Å². The zero-order valence-corrected chi connectivity index (χ0v) is 19.6. The number of aromatic nitrogens is 4. The van der Waals surface area contributed by atoms with Crippen LogP contribution in [0.15, 0.2) is 41.5 Å². The summed E-state index contributed by atoms with van der Waals surface area (Å²) in [7, 11) is 0. The van der Waals surface area contributed by atoms with Crippen LogP contribution >= 0.6 is 0 Å². The minimum Gasteiger partial charge on any atom is -0.373 e. The van der Waals surface area contributed by atoms with Crippen LogP contribution in [0.1, 0.15) is 59.5 Å². The maximum absolute atomic E-state index is 14.9. The normalized spacial score (nSPS) is 19.6. The molecule has 4 heterocycles. The van der Waals surface area contributed by atoms with Crippen molar-refractivity contribution in [1.82, 2.24) is 19.4 Å². The highest BCUT2D eigenvalue weighted by molar-refractivity contribution is 5.75. The predicted molar refractivity (Wildman–Crippen MR) is 126 cm³/mol. The molecule has 2 atom stereocenters. The third-order valence-electron chi connectivity index (χ3n) is 7.09. The molecule has 9 heteroatoms. The highest BCUT2D eigenvalue weighted by Crippen LogP contribution is 2.38. The number of nitrogens with zero attached hydrogens (tertiary/aromatic N) is 4. The zero-order chi connectivity index (χ0) is 25.0. The van der Waals surface area contributed by atoms with Gasteiger partial charge in [0.15, 0.2) is 5.65 Å². The lowest BCUT2D eigenvalue weighted by atomic mass is 9.89. The number of ether oxygens (including phenoxy) is 1. The molecule has 0 radical (unpaired) electrons. The van der Waals surface area contributed by atoms with E-state index in [0.29, 0.717) is 61.4 Å². The highest BCUT2D eigenvalue weighted by atomic mass is 19.1. The van der Waals surface area contributed by atoms with Crippen LogP contribution in [0.4, 0.5) is 13.2 Å². The van der Waals surface area contributed by atoms with Crippen LogP contribution in [0, 0.1) is 24.4 Å². The lowest BCUT2D eigenvalue weighted by Crippen LogP contribution is -2.24. The van der Waals surface area contributed by atoms with Gasteiger partial charge in [-0.3, -0.25) is 14.2 Å². The summed E-state index contributed by atoms with van der Waals surface area (Å²) in [6, 6.07) is 5.10. The van der Waals surface area contributed by atoms with Crippen LogP contribution in [0.25, 0.3) is 16.9 Å². The van der Waals surface area contributed by atoms with Crippen molar-refractivity contribution < 1.29 is 17.9 Å². The Kier molecular flexibility index (Phi) is 5.59. The molecule has 0 spiro atoms. The molecule has 0 unspecified atom stereocenters. The third kappa shape index (κ3) is 3.87. The van der Waals surface area contributed by atoms with Crippen molar-refractivity contribution in [2.75, 3.05) is 6.61 Å². The van der Waals surface area contributed by atoms with E-state index in [4.69, 9.17) is 4.74 Å². The molecule has 6 rings (SSSR count). The molecule has 184 valence electrons. The summed E-state index contributed by atoms with van der Waals surface area (Å²) in [5, 5.41) is 0. The van der Waals surface area contributed by atoms with Gasteiger partial charge < -0.3 is 4.74 Å². The van der Waals surface area contributed by atoms with Gasteiger partial charge in [-0.1, -0.05) is 0 Å². The largest absolute Gasteiger partial charge is 0.373 e. The first-order chi connectivity index (χ1) is 17.4. The van der Waals surface area contributed by atoms with E-state index in [0.717, 1.165) is 17.7 Å². The van der Waals surface area contributed by atoms with E-state index in [-0.39, 0.29) is 28.9 Å². The van der Waals surface area contributed by atoms with Crippen LogP contribution in [-0.4, -0.2) is 26.0 Å². The quantitative estimate of drug-likeness (QED) is 0.403. The first kappa shape index (κ1) is 22.8. The molecule has 36 heavy (non-hydrogen) atoms. The molecule has 0 bridgehead atoms. The Morgan fingerprint density at radius 2 is 1.89 bits per heavy atom. The van der Waals surface area contributed by atoms with Crippen molar-refractivity contribution in [3.05, 3.63) is 92.7 Å². The molecule has 1 aromatic carbocycles. The summed E-state index contributed by atoms with van der Waals surface area (Å²) in [6.07, 6.45) is 6.37. The van der Waals surface area contributed by atoms with Crippen molar-refractivity contribution in [3.8, 4) is 11.3 Å². The molecular weight excluding hydrogens is 469 g/mol. The van der Waals surface area contributed by atoms with Gasteiger partial charge in [-0.15, -0.1) is 0 Å². The Morgan fingerprint density at radius 3 is 2.67 bits per heavy atom. The molecule has 1 aliphatic carbocycles. The molecular formula is C27H23F3N4O2. The average molecular weight is 493 g/mol. The van der Waals surface area contributed by atoms with E-state index >= 15 is 0 Å². The predicted octanol–water partition coefficient (Wildman–Crippen LogP) is 5.00. The van der Waals surface area contributed by atoms with Gasteiger partial charge in [0, 0.05) is 48.3 Å². The standard InChI is InChI=1S/C27H23F3N4O2/c1-14-9-16(5-7-31-14)23-10-15(6-8-36-23)22-13-34-26(33-21-4-2-3-18(21)27(34)35)25(32-22)24-19(29)11-17(28)12-20(24)30/h5,7,9,11-13,15,23H,2-4,6,8,10H2,1H3/t15-,23+/m1/s1. The summed E-state index contributed by atoms with van der Waals surface area (Å²) in [5.74, 6) is -3.34. The van der Waals surface area contributed by atoms with Gasteiger partial charge in [-0.2, -0.15) is 0 Å². The van der Waals surface area contributed by atoms with Crippen molar-refractivity contribution in [2.45, 2.75) is 51.0 Å². The number of fused-ring (bicyclic) bond motifs is 2. The Morgan fingerprint density at radius 1 is 1.08 bits per heavy atom. The maximum Gasteiger partial charge on any atom is 0.261 e. The van der Waals surface area contributed by atoms with E-state index in [1.807, 2.05) is 19.1 Å². The zero-order valence-electron chi connectivity index (χ0n) is 19.6. The monoisotopic (exact) mass is 492 g/mol. The van der Waals surface area contributed by atoms with Gasteiger partial charge in [-0.05, 0) is 56.7 Å². The Labute approximate surface area is 204 Å². The minimum absolute atomic E-state index is 0.0715. The summed E-state index contributed by atoms with van der Waals surface area (Å²) < 4.78 is 50.9.